The van der Waals surface area contributed by atoms with E-state index >= 15 is 0 Å². The normalized spacial score (nSPS) is 11.5. The molecule has 0 atom stereocenters. The van der Waals surface area contributed by atoms with Crippen molar-refractivity contribution in [2.45, 2.75) is 25.7 Å². The molecule has 23 heavy (non-hydrogen) atoms. The van der Waals surface area contributed by atoms with E-state index < -0.39 is 26.2 Å². The molecule has 1 heterocycles. The van der Waals surface area contributed by atoms with Crippen LogP contribution in [-0.4, -0.2) is 17.6 Å². The minimum atomic E-state index is -4.11. The van der Waals surface area contributed by atoms with Gasteiger partial charge in [0.25, 0.3) is 15.6 Å². The zero-order chi connectivity index (χ0) is 17.5. The third-order valence-corrected chi connectivity index (χ3v) is 4.95. The molecular weight excluding hydrogens is 318 g/mol. The maximum absolute atomic E-state index is 12.6. The maximum atomic E-state index is 12.6. The molecule has 1 N–H and O–H groups in total. The number of sulfonamides is 1. The van der Waals surface area contributed by atoms with Gasteiger partial charge in [-0.05, 0) is 31.9 Å². The molecule has 0 fully saturated rings. The first-order valence-corrected chi connectivity index (χ1v) is 8.40. The van der Waals surface area contributed by atoms with E-state index in [-0.39, 0.29) is 0 Å². The fraction of sp³-hybridized carbons (Fsp3) is 0.333. The molecule has 1 aromatic carbocycles. The number of benzene rings is 1. The van der Waals surface area contributed by atoms with Crippen LogP contribution in [0.15, 0.2) is 32.8 Å². The Morgan fingerprint density at radius 2 is 1.52 bits per heavy atom. The third kappa shape index (κ3) is 3.07. The largest absolute Gasteiger partial charge is 0.330 e. The van der Waals surface area contributed by atoms with Crippen molar-refractivity contribution in [1.29, 1.82) is 0 Å². The SMILES string of the molecule is Cc1cc(C)c(NS(=O)(=O)c2cn(C)c(=O)n(C)c2=O)c(C)c1. The highest BCUT2D eigenvalue weighted by molar-refractivity contribution is 7.92. The Morgan fingerprint density at radius 3 is 2.04 bits per heavy atom. The quantitative estimate of drug-likeness (QED) is 0.897. The smallest absolute Gasteiger partial charge is 0.302 e. The molecule has 0 saturated carbocycles. The first kappa shape index (κ1) is 17.0. The van der Waals surface area contributed by atoms with Crippen molar-refractivity contribution in [3.8, 4) is 0 Å². The van der Waals surface area contributed by atoms with Crippen LogP contribution in [0, 0.1) is 20.8 Å². The van der Waals surface area contributed by atoms with E-state index in [2.05, 4.69) is 4.72 Å². The number of rotatable bonds is 3. The topological polar surface area (TPSA) is 90.2 Å². The molecule has 124 valence electrons. The van der Waals surface area contributed by atoms with E-state index in [1.807, 2.05) is 19.1 Å². The molecule has 7 nitrogen and oxygen atoms in total. The Morgan fingerprint density at radius 1 is 1.00 bits per heavy atom. The molecule has 2 aromatic rings. The number of aryl methyl sites for hydroxylation is 4. The Hall–Kier alpha value is -2.35. The lowest BCUT2D eigenvalue weighted by atomic mass is 10.1. The standard InChI is InChI=1S/C15H19N3O4S/c1-9-6-10(2)13(11(3)7-9)16-23(21,22)12-8-17(4)15(20)18(5)14(12)19/h6-8,16H,1-5H3. The van der Waals surface area contributed by atoms with Gasteiger partial charge in [-0.25, -0.2) is 13.2 Å². The van der Waals surface area contributed by atoms with E-state index in [4.69, 9.17) is 0 Å². The van der Waals surface area contributed by atoms with Crippen molar-refractivity contribution in [3.05, 3.63) is 55.9 Å². The van der Waals surface area contributed by atoms with Gasteiger partial charge in [-0.2, -0.15) is 0 Å². The summed E-state index contributed by atoms with van der Waals surface area (Å²) in [6, 6.07) is 3.70. The molecule has 0 aliphatic carbocycles. The third-order valence-electron chi connectivity index (χ3n) is 3.62. The summed E-state index contributed by atoms with van der Waals surface area (Å²) < 4.78 is 29.5. The van der Waals surface area contributed by atoms with Gasteiger partial charge in [0.2, 0.25) is 0 Å². The summed E-state index contributed by atoms with van der Waals surface area (Å²) in [6.45, 7) is 5.49. The maximum Gasteiger partial charge on any atom is 0.330 e. The summed E-state index contributed by atoms with van der Waals surface area (Å²) in [4.78, 5) is 23.3. The number of nitrogens with one attached hydrogen (secondary N) is 1. The molecule has 0 spiro atoms. The highest BCUT2D eigenvalue weighted by Gasteiger charge is 2.22. The molecule has 0 aliphatic rings. The summed E-state index contributed by atoms with van der Waals surface area (Å²) in [7, 11) is -1.47. The fourth-order valence-corrected chi connectivity index (χ4v) is 3.85. The predicted octanol–water partition coefficient (Wildman–Crippen LogP) is 0.810. The van der Waals surface area contributed by atoms with Gasteiger partial charge < -0.3 is 4.57 Å². The monoisotopic (exact) mass is 337 g/mol. The van der Waals surface area contributed by atoms with Gasteiger partial charge in [-0.15, -0.1) is 0 Å². The van der Waals surface area contributed by atoms with Crippen LogP contribution in [0.3, 0.4) is 0 Å². The predicted molar refractivity (Wildman–Crippen MR) is 88.4 cm³/mol. The van der Waals surface area contributed by atoms with Crippen LogP contribution in [0.5, 0.6) is 0 Å². The second-order valence-electron chi connectivity index (χ2n) is 5.63. The van der Waals surface area contributed by atoms with Crippen molar-refractivity contribution in [2.75, 3.05) is 4.72 Å². The number of hydrogen-bond donors (Lipinski definition) is 1. The van der Waals surface area contributed by atoms with Gasteiger partial charge in [0.15, 0.2) is 4.90 Å². The second-order valence-corrected chi connectivity index (χ2v) is 7.28. The van der Waals surface area contributed by atoms with Gasteiger partial charge in [0, 0.05) is 20.3 Å². The van der Waals surface area contributed by atoms with Crippen LogP contribution in [0.1, 0.15) is 16.7 Å². The summed E-state index contributed by atoms with van der Waals surface area (Å²) in [6.07, 6.45) is 1.03. The van der Waals surface area contributed by atoms with E-state index in [0.29, 0.717) is 5.69 Å². The van der Waals surface area contributed by atoms with Crippen LogP contribution in [0.2, 0.25) is 0 Å². The summed E-state index contributed by atoms with van der Waals surface area (Å²) in [5.74, 6) is 0. The summed E-state index contributed by atoms with van der Waals surface area (Å²) in [5.41, 5.74) is 1.52. The highest BCUT2D eigenvalue weighted by Crippen LogP contribution is 2.24. The second kappa shape index (κ2) is 5.69. The van der Waals surface area contributed by atoms with Gasteiger partial charge in [0.05, 0.1) is 5.69 Å². The van der Waals surface area contributed by atoms with Crippen molar-refractivity contribution in [3.63, 3.8) is 0 Å². The van der Waals surface area contributed by atoms with Crippen LogP contribution >= 0.6 is 0 Å². The van der Waals surface area contributed by atoms with Gasteiger partial charge >= 0.3 is 5.69 Å². The zero-order valence-electron chi connectivity index (χ0n) is 13.7. The van der Waals surface area contributed by atoms with Crippen LogP contribution in [-0.2, 0) is 24.1 Å². The number of hydrogen-bond acceptors (Lipinski definition) is 4. The highest BCUT2D eigenvalue weighted by atomic mass is 32.2. The molecule has 0 saturated heterocycles. The van der Waals surface area contributed by atoms with Crippen molar-refractivity contribution >= 4 is 15.7 Å². The number of nitrogens with zero attached hydrogens (tertiary/aromatic N) is 2. The lowest BCUT2D eigenvalue weighted by Crippen LogP contribution is -2.40. The van der Waals surface area contributed by atoms with Gasteiger partial charge in [-0.3, -0.25) is 14.1 Å². The molecule has 1 aromatic heterocycles. The first-order valence-electron chi connectivity index (χ1n) is 6.92. The minimum Gasteiger partial charge on any atom is -0.302 e. The van der Waals surface area contributed by atoms with E-state index in [1.54, 1.807) is 13.8 Å². The summed E-state index contributed by atoms with van der Waals surface area (Å²) in [5, 5.41) is 0. The van der Waals surface area contributed by atoms with E-state index in [0.717, 1.165) is 32.0 Å². The van der Waals surface area contributed by atoms with E-state index in [9.17, 15) is 18.0 Å². The van der Waals surface area contributed by atoms with Crippen molar-refractivity contribution in [1.82, 2.24) is 9.13 Å². The molecule has 0 radical (unpaired) electrons. The molecule has 0 bridgehead atoms. The molecule has 8 heteroatoms. The Balaban J connectivity index is 2.62. The molecule has 2 rings (SSSR count). The minimum absolute atomic E-state index is 0.437. The zero-order valence-corrected chi connectivity index (χ0v) is 14.5. The average Bonchev–Trinajstić information content (AvgIpc) is 2.44. The molecule has 0 aliphatic heterocycles. The number of aromatic nitrogens is 2. The average molecular weight is 337 g/mol. The number of anilines is 1. The van der Waals surface area contributed by atoms with Gasteiger partial charge in [0.1, 0.15) is 0 Å². The van der Waals surface area contributed by atoms with Gasteiger partial charge in [-0.1, -0.05) is 17.7 Å². The Labute approximate surface area is 134 Å². The van der Waals surface area contributed by atoms with Crippen molar-refractivity contribution < 1.29 is 8.42 Å². The molecule has 0 unspecified atom stereocenters. The summed E-state index contributed by atoms with van der Waals surface area (Å²) >= 11 is 0. The molecule has 0 amide bonds. The van der Waals surface area contributed by atoms with Crippen molar-refractivity contribution in [2.24, 2.45) is 14.1 Å². The van der Waals surface area contributed by atoms with Crippen LogP contribution in [0.25, 0.3) is 0 Å². The Bertz CT molecular complexity index is 977. The first-order chi connectivity index (χ1) is 10.5. The lowest BCUT2D eigenvalue weighted by molar-refractivity contribution is 0.589. The fourth-order valence-electron chi connectivity index (χ4n) is 2.49. The lowest BCUT2D eigenvalue weighted by Gasteiger charge is -2.14. The van der Waals surface area contributed by atoms with E-state index in [1.165, 1.54) is 14.1 Å². The Kier molecular flexibility index (Phi) is 4.21. The molecular formula is C15H19N3O4S. The van der Waals surface area contributed by atoms with Crippen LogP contribution in [0.4, 0.5) is 5.69 Å². The van der Waals surface area contributed by atoms with Crippen LogP contribution < -0.4 is 16.0 Å².